The van der Waals surface area contributed by atoms with Crippen LogP contribution in [0.4, 0.5) is 5.69 Å². The molecule has 1 aromatic carbocycles. The van der Waals surface area contributed by atoms with Crippen molar-refractivity contribution in [2.45, 2.75) is 25.3 Å². The normalized spacial score (nSPS) is 18.2. The van der Waals surface area contributed by atoms with Gasteiger partial charge in [-0.2, -0.15) is 0 Å². The topological polar surface area (TPSA) is 84.2 Å². The zero-order chi connectivity index (χ0) is 13.0. The van der Waals surface area contributed by atoms with Gasteiger partial charge in [0.15, 0.2) is 0 Å². The summed E-state index contributed by atoms with van der Waals surface area (Å²) >= 11 is 0. The molecule has 0 radical (unpaired) electrons. The maximum atomic E-state index is 12.0. The third-order valence-corrected chi connectivity index (χ3v) is 3.04. The predicted octanol–water partition coefficient (Wildman–Crippen LogP) is 1.29. The van der Waals surface area contributed by atoms with Gasteiger partial charge in [0.25, 0.3) is 0 Å². The van der Waals surface area contributed by atoms with Gasteiger partial charge >= 0.3 is 0 Å². The molecule has 1 saturated heterocycles. The van der Waals surface area contributed by atoms with Gasteiger partial charge < -0.3 is 16.4 Å². The molecule has 4 N–H and O–H groups in total. The van der Waals surface area contributed by atoms with Crippen molar-refractivity contribution in [1.29, 1.82) is 0 Å². The van der Waals surface area contributed by atoms with Gasteiger partial charge in [0, 0.05) is 11.3 Å². The molecule has 1 fully saturated rings. The Morgan fingerprint density at radius 3 is 2.74 bits per heavy atom. The van der Waals surface area contributed by atoms with Crippen molar-refractivity contribution in [2.75, 3.05) is 11.9 Å². The lowest BCUT2D eigenvalue weighted by atomic mass is 10.0. The van der Waals surface area contributed by atoms with Crippen LogP contribution in [0.25, 0.3) is 0 Å². The van der Waals surface area contributed by atoms with E-state index in [0.29, 0.717) is 11.3 Å². The average molecular weight is 284 g/mol. The van der Waals surface area contributed by atoms with E-state index in [2.05, 4.69) is 10.6 Å². The van der Waals surface area contributed by atoms with Gasteiger partial charge in [-0.1, -0.05) is 12.5 Å². The summed E-state index contributed by atoms with van der Waals surface area (Å²) in [5, 5.41) is 5.97. The minimum absolute atomic E-state index is 0. The first-order chi connectivity index (χ1) is 8.66. The molecule has 1 aliphatic heterocycles. The van der Waals surface area contributed by atoms with Crippen molar-refractivity contribution in [3.63, 3.8) is 0 Å². The van der Waals surface area contributed by atoms with E-state index >= 15 is 0 Å². The highest BCUT2D eigenvalue weighted by molar-refractivity contribution is 5.97. The largest absolute Gasteiger partial charge is 0.366 e. The summed E-state index contributed by atoms with van der Waals surface area (Å²) in [6.07, 6.45) is 3.02. The zero-order valence-electron chi connectivity index (χ0n) is 10.5. The van der Waals surface area contributed by atoms with Crippen LogP contribution in [0.3, 0.4) is 0 Å². The smallest absolute Gasteiger partial charge is 0.248 e. The van der Waals surface area contributed by atoms with E-state index < -0.39 is 5.91 Å². The molecule has 0 spiro atoms. The van der Waals surface area contributed by atoms with Crippen molar-refractivity contribution < 1.29 is 9.59 Å². The monoisotopic (exact) mass is 283 g/mol. The quantitative estimate of drug-likeness (QED) is 0.781. The SMILES string of the molecule is Cl.NC(=O)c1cccc(NC(=O)C2CCCCN2)c1. The lowest BCUT2D eigenvalue weighted by Gasteiger charge is -2.22. The number of benzene rings is 1. The number of nitrogens with one attached hydrogen (secondary N) is 2. The van der Waals surface area contributed by atoms with E-state index in [1.165, 1.54) is 0 Å². The van der Waals surface area contributed by atoms with Crippen molar-refractivity contribution in [1.82, 2.24) is 5.32 Å². The summed E-state index contributed by atoms with van der Waals surface area (Å²) in [5.74, 6) is -0.557. The number of primary amides is 1. The summed E-state index contributed by atoms with van der Waals surface area (Å²) in [5.41, 5.74) is 6.19. The maximum absolute atomic E-state index is 12.0. The molecule has 0 saturated carbocycles. The number of carbonyl (C=O) groups is 2. The van der Waals surface area contributed by atoms with Gasteiger partial charge in [0.05, 0.1) is 6.04 Å². The number of rotatable bonds is 3. The molecule has 104 valence electrons. The van der Waals surface area contributed by atoms with Gasteiger partial charge in [0.2, 0.25) is 11.8 Å². The van der Waals surface area contributed by atoms with Crippen LogP contribution in [0.5, 0.6) is 0 Å². The third kappa shape index (κ3) is 4.22. The van der Waals surface area contributed by atoms with Crippen molar-refractivity contribution in [2.24, 2.45) is 5.73 Å². The number of anilines is 1. The number of amides is 2. The number of carbonyl (C=O) groups excluding carboxylic acids is 2. The number of piperidine rings is 1. The highest BCUT2D eigenvalue weighted by Crippen LogP contribution is 2.13. The van der Waals surface area contributed by atoms with Crippen LogP contribution in [-0.4, -0.2) is 24.4 Å². The molecule has 2 rings (SSSR count). The molecule has 0 aromatic heterocycles. The Kier molecular flexibility index (Phi) is 5.79. The fourth-order valence-electron chi connectivity index (χ4n) is 2.06. The summed E-state index contributed by atoms with van der Waals surface area (Å²) < 4.78 is 0. The molecule has 1 heterocycles. The Labute approximate surface area is 118 Å². The summed E-state index contributed by atoms with van der Waals surface area (Å²) in [4.78, 5) is 23.0. The van der Waals surface area contributed by atoms with Crippen LogP contribution >= 0.6 is 12.4 Å². The van der Waals surface area contributed by atoms with Crippen LogP contribution in [0.15, 0.2) is 24.3 Å². The Morgan fingerprint density at radius 1 is 1.32 bits per heavy atom. The fraction of sp³-hybridized carbons (Fsp3) is 0.385. The Hall–Kier alpha value is -1.59. The van der Waals surface area contributed by atoms with E-state index in [0.717, 1.165) is 25.8 Å². The first-order valence-corrected chi connectivity index (χ1v) is 6.11. The molecule has 1 atom stereocenters. The van der Waals surface area contributed by atoms with E-state index in [9.17, 15) is 9.59 Å². The van der Waals surface area contributed by atoms with E-state index in [-0.39, 0.29) is 24.4 Å². The molecule has 5 nitrogen and oxygen atoms in total. The summed E-state index contributed by atoms with van der Waals surface area (Å²) in [6.45, 7) is 0.874. The Morgan fingerprint density at radius 2 is 2.11 bits per heavy atom. The number of nitrogens with two attached hydrogens (primary N) is 1. The molecule has 2 amide bonds. The second-order valence-electron chi connectivity index (χ2n) is 4.44. The number of hydrogen-bond acceptors (Lipinski definition) is 3. The zero-order valence-corrected chi connectivity index (χ0v) is 11.3. The van der Waals surface area contributed by atoms with Crippen molar-refractivity contribution >= 4 is 29.9 Å². The molecule has 1 unspecified atom stereocenters. The second-order valence-corrected chi connectivity index (χ2v) is 4.44. The van der Waals surface area contributed by atoms with E-state index in [4.69, 9.17) is 5.73 Å². The first-order valence-electron chi connectivity index (χ1n) is 6.11. The van der Waals surface area contributed by atoms with Crippen LogP contribution in [0, 0.1) is 0 Å². The number of hydrogen-bond donors (Lipinski definition) is 3. The summed E-state index contributed by atoms with van der Waals surface area (Å²) in [6, 6.07) is 6.51. The molecule has 0 bridgehead atoms. The van der Waals surface area contributed by atoms with E-state index in [1.807, 2.05) is 0 Å². The first kappa shape index (κ1) is 15.5. The van der Waals surface area contributed by atoms with Crippen LogP contribution in [0.1, 0.15) is 29.6 Å². The van der Waals surface area contributed by atoms with Crippen LogP contribution < -0.4 is 16.4 Å². The lowest BCUT2D eigenvalue weighted by Crippen LogP contribution is -2.43. The van der Waals surface area contributed by atoms with Crippen molar-refractivity contribution in [3.05, 3.63) is 29.8 Å². The fourth-order valence-corrected chi connectivity index (χ4v) is 2.06. The molecule has 1 aliphatic rings. The molecular weight excluding hydrogens is 266 g/mol. The Bertz CT molecular complexity index is 459. The Balaban J connectivity index is 0.00000180. The van der Waals surface area contributed by atoms with E-state index in [1.54, 1.807) is 24.3 Å². The van der Waals surface area contributed by atoms with Gasteiger partial charge in [-0.3, -0.25) is 9.59 Å². The minimum Gasteiger partial charge on any atom is -0.366 e. The maximum Gasteiger partial charge on any atom is 0.248 e. The standard InChI is InChI=1S/C13H17N3O2.ClH/c14-12(17)9-4-3-5-10(8-9)16-13(18)11-6-1-2-7-15-11;/h3-5,8,11,15H,1-2,6-7H2,(H2,14,17)(H,16,18);1H. The van der Waals surface area contributed by atoms with Gasteiger partial charge in [-0.05, 0) is 37.6 Å². The van der Waals surface area contributed by atoms with Crippen molar-refractivity contribution in [3.8, 4) is 0 Å². The van der Waals surface area contributed by atoms with Crippen LogP contribution in [-0.2, 0) is 4.79 Å². The minimum atomic E-state index is -0.498. The number of halogens is 1. The highest BCUT2D eigenvalue weighted by Gasteiger charge is 2.20. The predicted molar refractivity (Wildman–Crippen MR) is 76.5 cm³/mol. The second kappa shape index (κ2) is 7.11. The van der Waals surface area contributed by atoms with Gasteiger partial charge in [0.1, 0.15) is 0 Å². The van der Waals surface area contributed by atoms with Gasteiger partial charge in [-0.15, -0.1) is 12.4 Å². The summed E-state index contributed by atoms with van der Waals surface area (Å²) in [7, 11) is 0. The molecule has 0 aliphatic carbocycles. The highest BCUT2D eigenvalue weighted by atomic mass is 35.5. The molecule has 19 heavy (non-hydrogen) atoms. The molecule has 6 heteroatoms. The average Bonchev–Trinajstić information content (AvgIpc) is 2.40. The molecule has 1 aromatic rings. The van der Waals surface area contributed by atoms with Crippen LogP contribution in [0.2, 0.25) is 0 Å². The third-order valence-electron chi connectivity index (χ3n) is 3.04. The molecular formula is C13H18ClN3O2. The lowest BCUT2D eigenvalue weighted by molar-refractivity contribution is -0.118. The van der Waals surface area contributed by atoms with Gasteiger partial charge in [-0.25, -0.2) is 0 Å².